The lowest BCUT2D eigenvalue weighted by Crippen LogP contribution is -2.30. The van der Waals surface area contributed by atoms with Crippen molar-refractivity contribution >= 4 is 11.7 Å². The highest BCUT2D eigenvalue weighted by Crippen LogP contribution is 2.20. The van der Waals surface area contributed by atoms with Gasteiger partial charge in [-0.3, -0.25) is 9.59 Å². The van der Waals surface area contributed by atoms with Crippen molar-refractivity contribution in [3.05, 3.63) is 108 Å². The van der Waals surface area contributed by atoms with Gasteiger partial charge in [-0.2, -0.15) is 0 Å². The molecule has 3 nitrogen and oxygen atoms in total. The van der Waals surface area contributed by atoms with E-state index in [2.05, 4.69) is 5.32 Å². The summed E-state index contributed by atoms with van der Waals surface area (Å²) in [4.78, 5) is 25.1. The number of nitrogens with one attached hydrogen (secondary N) is 1. The van der Waals surface area contributed by atoms with Gasteiger partial charge in [0.1, 0.15) is 0 Å². The number of benzene rings is 3. The van der Waals surface area contributed by atoms with Crippen molar-refractivity contribution in [3.8, 4) is 0 Å². The molecule has 124 valence electrons. The van der Waals surface area contributed by atoms with Crippen LogP contribution in [0.4, 0.5) is 0 Å². The Morgan fingerprint density at radius 2 is 1.16 bits per heavy atom. The van der Waals surface area contributed by atoms with Gasteiger partial charge in [-0.05, 0) is 17.7 Å². The summed E-state index contributed by atoms with van der Waals surface area (Å²) in [5.74, 6) is -0.182. The molecule has 3 rings (SSSR count). The van der Waals surface area contributed by atoms with E-state index in [1.165, 1.54) is 0 Å². The topological polar surface area (TPSA) is 46.2 Å². The van der Waals surface area contributed by atoms with Gasteiger partial charge in [0, 0.05) is 17.5 Å². The van der Waals surface area contributed by atoms with Crippen molar-refractivity contribution in [2.45, 2.75) is 12.5 Å². The molecule has 1 N–H and O–H groups in total. The monoisotopic (exact) mass is 329 g/mol. The second-order valence-electron chi connectivity index (χ2n) is 5.80. The van der Waals surface area contributed by atoms with Crippen LogP contribution in [0.5, 0.6) is 0 Å². The van der Waals surface area contributed by atoms with Gasteiger partial charge in [0.15, 0.2) is 5.78 Å². The average molecular weight is 329 g/mol. The van der Waals surface area contributed by atoms with Gasteiger partial charge in [0.05, 0.1) is 6.04 Å². The molecule has 1 amide bonds. The van der Waals surface area contributed by atoms with E-state index in [0.717, 1.165) is 5.56 Å². The minimum absolute atomic E-state index is 0.00261. The molecule has 0 saturated heterocycles. The second kappa shape index (κ2) is 8.06. The molecule has 0 unspecified atom stereocenters. The molecular formula is C22H19NO2. The maximum atomic E-state index is 12.6. The Morgan fingerprint density at radius 1 is 0.680 bits per heavy atom. The maximum Gasteiger partial charge on any atom is 0.251 e. The van der Waals surface area contributed by atoms with Crippen molar-refractivity contribution in [3.63, 3.8) is 0 Å². The quantitative estimate of drug-likeness (QED) is 0.680. The van der Waals surface area contributed by atoms with Gasteiger partial charge in [0.25, 0.3) is 5.91 Å². The van der Waals surface area contributed by atoms with Crippen molar-refractivity contribution in [2.75, 3.05) is 0 Å². The predicted octanol–water partition coefficient (Wildman–Crippen LogP) is 4.43. The number of carbonyl (C=O) groups excluding carboxylic acids is 2. The van der Waals surface area contributed by atoms with Crippen LogP contribution in [0.15, 0.2) is 91.0 Å². The summed E-state index contributed by atoms with van der Waals surface area (Å²) in [7, 11) is 0. The van der Waals surface area contributed by atoms with Gasteiger partial charge in [-0.15, -0.1) is 0 Å². The normalized spacial score (nSPS) is 11.5. The molecule has 0 fully saturated rings. The first-order chi connectivity index (χ1) is 12.2. The van der Waals surface area contributed by atoms with E-state index >= 15 is 0 Å². The smallest absolute Gasteiger partial charge is 0.251 e. The lowest BCUT2D eigenvalue weighted by molar-refractivity contribution is 0.0912. The molecule has 0 saturated carbocycles. The zero-order valence-corrected chi connectivity index (χ0v) is 13.8. The second-order valence-corrected chi connectivity index (χ2v) is 5.80. The highest BCUT2D eigenvalue weighted by atomic mass is 16.2. The van der Waals surface area contributed by atoms with Crippen LogP contribution in [0.25, 0.3) is 0 Å². The lowest BCUT2D eigenvalue weighted by Gasteiger charge is -2.19. The minimum atomic E-state index is -0.374. The zero-order chi connectivity index (χ0) is 17.5. The summed E-state index contributed by atoms with van der Waals surface area (Å²) in [5, 5.41) is 2.99. The van der Waals surface area contributed by atoms with E-state index in [4.69, 9.17) is 0 Å². The molecule has 0 aromatic heterocycles. The van der Waals surface area contributed by atoms with E-state index in [1.54, 1.807) is 24.3 Å². The highest BCUT2D eigenvalue weighted by molar-refractivity contribution is 5.98. The van der Waals surface area contributed by atoms with E-state index < -0.39 is 0 Å². The summed E-state index contributed by atoms with van der Waals surface area (Å²) < 4.78 is 0. The summed E-state index contributed by atoms with van der Waals surface area (Å²) in [6.45, 7) is 0. The number of Topliss-reactive ketones (excluding diaryl/α,β-unsaturated/α-hetero) is 1. The van der Waals surface area contributed by atoms with Crippen LogP contribution >= 0.6 is 0 Å². The molecule has 0 aliphatic carbocycles. The fraction of sp³-hybridized carbons (Fsp3) is 0.0909. The summed E-state index contributed by atoms with van der Waals surface area (Å²) in [6.07, 6.45) is 0.215. The molecule has 0 spiro atoms. The molecule has 0 bridgehead atoms. The summed E-state index contributed by atoms with van der Waals surface area (Å²) in [5.41, 5.74) is 2.14. The third-order valence-electron chi connectivity index (χ3n) is 4.03. The zero-order valence-electron chi connectivity index (χ0n) is 13.8. The number of rotatable bonds is 6. The summed E-state index contributed by atoms with van der Waals surface area (Å²) in [6, 6.07) is 27.4. The van der Waals surface area contributed by atoms with Crippen LogP contribution in [-0.4, -0.2) is 11.7 Å². The Balaban J connectivity index is 1.81. The fourth-order valence-electron chi connectivity index (χ4n) is 2.70. The van der Waals surface area contributed by atoms with Crippen LogP contribution in [0.2, 0.25) is 0 Å². The Bertz CT molecular complexity index is 776. The highest BCUT2D eigenvalue weighted by Gasteiger charge is 2.19. The SMILES string of the molecule is O=C(C[C@H](NC(=O)c1ccccc1)c1ccccc1)c1ccccc1. The van der Waals surface area contributed by atoms with E-state index in [1.807, 2.05) is 66.7 Å². The average Bonchev–Trinajstić information content (AvgIpc) is 2.69. The first-order valence-electron chi connectivity index (χ1n) is 8.23. The Hall–Kier alpha value is -3.20. The molecule has 0 aliphatic rings. The molecule has 3 aromatic rings. The van der Waals surface area contributed by atoms with Gasteiger partial charge < -0.3 is 5.32 Å². The number of ketones is 1. The van der Waals surface area contributed by atoms with Crippen molar-refractivity contribution in [1.29, 1.82) is 0 Å². The maximum absolute atomic E-state index is 12.6. The van der Waals surface area contributed by atoms with E-state index in [9.17, 15) is 9.59 Å². The Morgan fingerprint density at radius 3 is 1.72 bits per heavy atom. The minimum Gasteiger partial charge on any atom is -0.345 e. The van der Waals surface area contributed by atoms with Gasteiger partial charge in [-0.25, -0.2) is 0 Å². The standard InChI is InChI=1S/C22H19NO2/c24-21(18-12-6-2-7-13-18)16-20(17-10-4-1-5-11-17)23-22(25)19-14-8-3-9-15-19/h1-15,20H,16H2,(H,23,25)/t20-/m0/s1. The van der Waals surface area contributed by atoms with Crippen LogP contribution < -0.4 is 5.32 Å². The van der Waals surface area contributed by atoms with E-state index in [-0.39, 0.29) is 24.2 Å². The van der Waals surface area contributed by atoms with Gasteiger partial charge >= 0.3 is 0 Å². The number of hydrogen-bond donors (Lipinski definition) is 1. The van der Waals surface area contributed by atoms with Crippen LogP contribution in [0, 0.1) is 0 Å². The Labute approximate surface area is 147 Å². The molecule has 0 radical (unpaired) electrons. The van der Waals surface area contributed by atoms with Crippen LogP contribution in [-0.2, 0) is 0 Å². The first kappa shape index (κ1) is 16.7. The number of hydrogen-bond acceptors (Lipinski definition) is 2. The molecule has 0 aliphatic heterocycles. The predicted molar refractivity (Wildman–Crippen MR) is 98.5 cm³/mol. The first-order valence-corrected chi connectivity index (χ1v) is 8.23. The third kappa shape index (κ3) is 4.42. The van der Waals surface area contributed by atoms with Crippen LogP contribution in [0.3, 0.4) is 0 Å². The number of amides is 1. The molecular weight excluding hydrogens is 310 g/mol. The summed E-state index contributed by atoms with van der Waals surface area (Å²) >= 11 is 0. The Kier molecular flexibility index (Phi) is 5.37. The van der Waals surface area contributed by atoms with Crippen molar-refractivity contribution in [1.82, 2.24) is 5.32 Å². The largest absolute Gasteiger partial charge is 0.345 e. The third-order valence-corrected chi connectivity index (χ3v) is 4.03. The lowest BCUT2D eigenvalue weighted by atomic mass is 9.97. The number of carbonyl (C=O) groups is 2. The van der Waals surface area contributed by atoms with E-state index in [0.29, 0.717) is 11.1 Å². The molecule has 25 heavy (non-hydrogen) atoms. The van der Waals surface area contributed by atoms with Crippen molar-refractivity contribution < 1.29 is 9.59 Å². The molecule has 3 aromatic carbocycles. The van der Waals surface area contributed by atoms with Gasteiger partial charge in [0.2, 0.25) is 0 Å². The van der Waals surface area contributed by atoms with Crippen molar-refractivity contribution in [2.24, 2.45) is 0 Å². The van der Waals surface area contributed by atoms with Gasteiger partial charge in [-0.1, -0.05) is 78.9 Å². The molecule has 1 atom stereocenters. The molecule has 0 heterocycles. The molecule has 3 heteroatoms. The van der Waals surface area contributed by atoms with Crippen LogP contribution in [0.1, 0.15) is 38.7 Å². The fourth-order valence-corrected chi connectivity index (χ4v) is 2.70.